The number of amides is 1. The topological polar surface area (TPSA) is 118 Å². The van der Waals surface area contributed by atoms with Gasteiger partial charge in [0.05, 0.1) is 24.2 Å². The lowest BCUT2D eigenvalue weighted by atomic mass is 10.1. The fourth-order valence-electron chi connectivity index (χ4n) is 3.50. The maximum atomic E-state index is 12.9. The number of carbonyl (C=O) groups is 1. The van der Waals surface area contributed by atoms with Gasteiger partial charge < -0.3 is 25.1 Å². The number of imidazole rings is 1. The number of carbonyl (C=O) groups excluding carboxylic acids is 1. The lowest BCUT2D eigenvalue weighted by Gasteiger charge is -2.23. The van der Waals surface area contributed by atoms with E-state index in [1.165, 1.54) is 6.20 Å². The Morgan fingerprint density at radius 2 is 2.03 bits per heavy atom. The molecule has 3 aromatic heterocycles. The highest BCUT2D eigenvalue weighted by molar-refractivity contribution is 6.05. The van der Waals surface area contributed by atoms with Gasteiger partial charge >= 0.3 is 0 Å². The summed E-state index contributed by atoms with van der Waals surface area (Å²) < 4.78 is 7.47. The van der Waals surface area contributed by atoms with Crippen molar-refractivity contribution in [2.24, 2.45) is 0 Å². The van der Waals surface area contributed by atoms with Crippen LogP contribution < -0.4 is 20.7 Å². The highest BCUT2D eigenvalue weighted by atomic mass is 16.5. The second-order valence-electron chi connectivity index (χ2n) is 7.29. The SMILES string of the molecule is CCOc1nc(NC2CCNCC2)ncc1C(=O)Nc1cn2cc(C)nc2c(C)n1. The van der Waals surface area contributed by atoms with Gasteiger partial charge in [-0.05, 0) is 46.7 Å². The first-order valence-corrected chi connectivity index (χ1v) is 10.1. The maximum absolute atomic E-state index is 12.9. The van der Waals surface area contributed by atoms with Crippen LogP contribution in [0.1, 0.15) is 41.5 Å². The molecule has 1 fully saturated rings. The summed E-state index contributed by atoms with van der Waals surface area (Å²) in [4.78, 5) is 30.5. The number of aromatic nitrogens is 5. The first-order valence-electron chi connectivity index (χ1n) is 10.1. The van der Waals surface area contributed by atoms with Crippen LogP contribution in [-0.4, -0.2) is 56.0 Å². The lowest BCUT2D eigenvalue weighted by Crippen LogP contribution is -2.35. The summed E-state index contributed by atoms with van der Waals surface area (Å²) in [5.41, 5.74) is 2.63. The average molecular weight is 410 g/mol. The molecule has 1 aliphatic heterocycles. The van der Waals surface area contributed by atoms with E-state index >= 15 is 0 Å². The van der Waals surface area contributed by atoms with Crippen molar-refractivity contribution >= 4 is 23.3 Å². The van der Waals surface area contributed by atoms with Crippen molar-refractivity contribution in [3.8, 4) is 5.88 Å². The lowest BCUT2D eigenvalue weighted by molar-refractivity contribution is 0.102. The van der Waals surface area contributed by atoms with Crippen LogP contribution in [0.2, 0.25) is 0 Å². The van der Waals surface area contributed by atoms with Gasteiger partial charge in [0.15, 0.2) is 5.65 Å². The minimum atomic E-state index is -0.380. The van der Waals surface area contributed by atoms with Crippen molar-refractivity contribution in [3.63, 3.8) is 0 Å². The second-order valence-corrected chi connectivity index (χ2v) is 7.29. The predicted octanol–water partition coefficient (Wildman–Crippen LogP) is 1.95. The van der Waals surface area contributed by atoms with E-state index in [0.717, 1.165) is 43.0 Å². The van der Waals surface area contributed by atoms with Crippen LogP contribution >= 0.6 is 0 Å². The highest BCUT2D eigenvalue weighted by Crippen LogP contribution is 2.20. The Kier molecular flexibility index (Phi) is 5.75. The third-order valence-corrected chi connectivity index (χ3v) is 4.92. The highest BCUT2D eigenvalue weighted by Gasteiger charge is 2.19. The zero-order chi connectivity index (χ0) is 21.1. The molecular formula is C20H26N8O2. The van der Waals surface area contributed by atoms with E-state index < -0.39 is 0 Å². The van der Waals surface area contributed by atoms with Crippen molar-refractivity contribution in [1.29, 1.82) is 0 Å². The summed E-state index contributed by atoms with van der Waals surface area (Å²) in [5, 5.41) is 9.47. The van der Waals surface area contributed by atoms with Crippen molar-refractivity contribution in [2.45, 2.75) is 39.7 Å². The molecule has 10 nitrogen and oxygen atoms in total. The summed E-state index contributed by atoms with van der Waals surface area (Å²) in [6.07, 6.45) is 7.10. The largest absolute Gasteiger partial charge is 0.477 e. The Bertz CT molecular complexity index is 1060. The van der Waals surface area contributed by atoms with Gasteiger partial charge in [-0.1, -0.05) is 0 Å². The van der Waals surface area contributed by atoms with Crippen molar-refractivity contribution in [1.82, 2.24) is 29.7 Å². The molecular weight excluding hydrogens is 384 g/mol. The number of nitrogens with zero attached hydrogens (tertiary/aromatic N) is 5. The molecule has 0 unspecified atom stereocenters. The Morgan fingerprint density at radius 1 is 1.23 bits per heavy atom. The fraction of sp³-hybridized carbons (Fsp3) is 0.450. The maximum Gasteiger partial charge on any atom is 0.263 e. The standard InChI is InChI=1S/C20H26N8O2/c1-4-30-19-15(9-22-20(27-19)25-14-5-7-21-8-6-14)18(29)26-16-11-28-10-12(2)23-17(28)13(3)24-16/h9-11,14,21H,4-8H2,1-3H3,(H,26,29)(H,22,25,27). The Labute approximate surface area is 174 Å². The van der Waals surface area contributed by atoms with Gasteiger partial charge in [-0.25, -0.2) is 15.0 Å². The van der Waals surface area contributed by atoms with E-state index in [9.17, 15) is 4.79 Å². The monoisotopic (exact) mass is 410 g/mol. The number of nitrogens with one attached hydrogen (secondary N) is 3. The van der Waals surface area contributed by atoms with Gasteiger partial charge in [-0.3, -0.25) is 4.79 Å². The first-order chi connectivity index (χ1) is 14.5. The smallest absolute Gasteiger partial charge is 0.263 e. The first kappa shape index (κ1) is 20.0. The minimum Gasteiger partial charge on any atom is -0.477 e. The molecule has 4 heterocycles. The van der Waals surface area contributed by atoms with Crippen LogP contribution in [0.25, 0.3) is 5.65 Å². The van der Waals surface area contributed by atoms with Crippen LogP contribution in [0.15, 0.2) is 18.6 Å². The molecule has 0 spiro atoms. The van der Waals surface area contributed by atoms with Crippen molar-refractivity contribution < 1.29 is 9.53 Å². The molecule has 0 aliphatic carbocycles. The van der Waals surface area contributed by atoms with Gasteiger partial charge in [-0.2, -0.15) is 4.98 Å². The van der Waals surface area contributed by atoms with Crippen LogP contribution in [-0.2, 0) is 0 Å². The Hall–Kier alpha value is -3.27. The van der Waals surface area contributed by atoms with Gasteiger partial charge in [0.2, 0.25) is 11.8 Å². The van der Waals surface area contributed by atoms with E-state index in [-0.39, 0.29) is 17.4 Å². The third-order valence-electron chi connectivity index (χ3n) is 4.92. The van der Waals surface area contributed by atoms with E-state index in [1.54, 1.807) is 6.20 Å². The molecule has 1 aliphatic rings. The number of aryl methyl sites for hydroxylation is 2. The summed E-state index contributed by atoms with van der Waals surface area (Å²) in [5.74, 6) is 0.751. The summed E-state index contributed by atoms with van der Waals surface area (Å²) in [7, 11) is 0. The predicted molar refractivity (Wildman–Crippen MR) is 113 cm³/mol. The van der Waals surface area contributed by atoms with Crippen molar-refractivity contribution in [3.05, 3.63) is 35.5 Å². The minimum absolute atomic E-state index is 0.248. The quantitative estimate of drug-likeness (QED) is 0.564. The average Bonchev–Trinajstić information content (AvgIpc) is 3.10. The molecule has 0 bridgehead atoms. The molecule has 1 saturated heterocycles. The molecule has 10 heteroatoms. The van der Waals surface area contributed by atoms with Crippen LogP contribution in [0, 0.1) is 13.8 Å². The molecule has 0 atom stereocenters. The van der Waals surface area contributed by atoms with E-state index in [0.29, 0.717) is 24.4 Å². The number of ether oxygens (including phenoxy) is 1. The zero-order valence-corrected chi connectivity index (χ0v) is 17.4. The summed E-state index contributed by atoms with van der Waals surface area (Å²) in [6.45, 7) is 7.93. The number of anilines is 2. The number of hydrogen-bond acceptors (Lipinski definition) is 8. The van der Waals surface area contributed by atoms with Crippen molar-refractivity contribution in [2.75, 3.05) is 30.3 Å². The van der Waals surface area contributed by atoms with E-state index in [4.69, 9.17) is 4.74 Å². The molecule has 0 aromatic carbocycles. The van der Waals surface area contributed by atoms with Crippen LogP contribution in [0.4, 0.5) is 11.8 Å². The van der Waals surface area contributed by atoms with Crippen LogP contribution in [0.3, 0.4) is 0 Å². The number of fused-ring (bicyclic) bond motifs is 1. The van der Waals surface area contributed by atoms with Gasteiger partial charge in [0.1, 0.15) is 11.4 Å². The molecule has 0 saturated carbocycles. The molecule has 1 amide bonds. The van der Waals surface area contributed by atoms with E-state index in [1.807, 2.05) is 31.4 Å². The van der Waals surface area contributed by atoms with Gasteiger partial charge in [0.25, 0.3) is 5.91 Å². The molecule has 0 radical (unpaired) electrons. The summed E-state index contributed by atoms with van der Waals surface area (Å²) >= 11 is 0. The van der Waals surface area contributed by atoms with Gasteiger partial charge in [0, 0.05) is 18.4 Å². The molecule has 30 heavy (non-hydrogen) atoms. The number of hydrogen-bond donors (Lipinski definition) is 3. The van der Waals surface area contributed by atoms with Gasteiger partial charge in [-0.15, -0.1) is 0 Å². The number of rotatable bonds is 6. The summed E-state index contributed by atoms with van der Waals surface area (Å²) in [6, 6.07) is 0.304. The normalized spacial score (nSPS) is 14.6. The molecule has 3 N–H and O–H groups in total. The second kappa shape index (κ2) is 8.62. The molecule has 4 rings (SSSR count). The fourth-order valence-corrected chi connectivity index (χ4v) is 3.50. The van der Waals surface area contributed by atoms with Crippen LogP contribution in [0.5, 0.6) is 5.88 Å². The third kappa shape index (κ3) is 4.33. The molecule has 158 valence electrons. The Morgan fingerprint density at radius 3 is 2.80 bits per heavy atom. The number of piperidine rings is 1. The molecule has 3 aromatic rings. The van der Waals surface area contributed by atoms with E-state index in [2.05, 4.69) is 35.9 Å². The zero-order valence-electron chi connectivity index (χ0n) is 17.4. The Balaban J connectivity index is 1.55.